The Balaban J connectivity index is 2.49. The van der Waals surface area contributed by atoms with Gasteiger partial charge in [-0.1, -0.05) is 6.08 Å². The molecule has 0 saturated heterocycles. The van der Waals surface area contributed by atoms with Gasteiger partial charge in [-0.3, -0.25) is 4.68 Å². The molecule has 3 heteroatoms. The van der Waals surface area contributed by atoms with Crippen LogP contribution in [0.4, 0.5) is 0 Å². The van der Waals surface area contributed by atoms with Gasteiger partial charge in [0, 0.05) is 13.2 Å². The van der Waals surface area contributed by atoms with E-state index in [2.05, 4.69) is 23.1 Å². The van der Waals surface area contributed by atoms with Crippen molar-refractivity contribution in [1.82, 2.24) is 15.1 Å². The van der Waals surface area contributed by atoms with E-state index >= 15 is 0 Å². The largest absolute Gasteiger partial charge is 0.312 e. The van der Waals surface area contributed by atoms with Crippen molar-refractivity contribution in [3.8, 4) is 0 Å². The van der Waals surface area contributed by atoms with Crippen LogP contribution in [0.1, 0.15) is 31.0 Å². The van der Waals surface area contributed by atoms with E-state index in [-0.39, 0.29) is 0 Å². The van der Waals surface area contributed by atoms with Gasteiger partial charge in [-0.15, -0.1) is 6.58 Å². The van der Waals surface area contributed by atoms with E-state index in [9.17, 15) is 0 Å². The maximum atomic E-state index is 4.39. The van der Waals surface area contributed by atoms with Crippen LogP contribution < -0.4 is 5.32 Å². The van der Waals surface area contributed by atoms with Gasteiger partial charge >= 0.3 is 0 Å². The lowest BCUT2D eigenvalue weighted by molar-refractivity contribution is 0.510. The van der Waals surface area contributed by atoms with Crippen LogP contribution in [0, 0.1) is 0 Å². The smallest absolute Gasteiger partial charge is 0.0793 e. The maximum absolute atomic E-state index is 4.39. The lowest BCUT2D eigenvalue weighted by Crippen LogP contribution is -2.17. The van der Waals surface area contributed by atoms with Gasteiger partial charge in [0.2, 0.25) is 0 Å². The number of aryl methyl sites for hydroxylation is 1. The molecule has 1 aromatic rings. The first kappa shape index (κ1) is 11.0. The highest BCUT2D eigenvalue weighted by molar-refractivity contribution is 5.05. The zero-order valence-electron chi connectivity index (χ0n) is 9.03. The topological polar surface area (TPSA) is 29.9 Å². The van der Waals surface area contributed by atoms with E-state index in [0.29, 0.717) is 6.04 Å². The van der Waals surface area contributed by atoms with E-state index in [4.69, 9.17) is 0 Å². The monoisotopic (exact) mass is 193 g/mol. The molecule has 0 aliphatic carbocycles. The molecule has 0 aliphatic rings. The Hall–Kier alpha value is -1.09. The second-order valence-corrected chi connectivity index (χ2v) is 3.48. The van der Waals surface area contributed by atoms with Crippen molar-refractivity contribution >= 4 is 0 Å². The van der Waals surface area contributed by atoms with Crippen LogP contribution in [-0.2, 0) is 7.05 Å². The summed E-state index contributed by atoms with van der Waals surface area (Å²) in [6, 6.07) is 2.44. The van der Waals surface area contributed by atoms with Gasteiger partial charge in [-0.25, -0.2) is 0 Å². The summed E-state index contributed by atoms with van der Waals surface area (Å²) in [6.45, 7) is 3.72. The van der Waals surface area contributed by atoms with Gasteiger partial charge in [-0.2, -0.15) is 5.10 Å². The minimum absolute atomic E-state index is 0.371. The Morgan fingerprint density at radius 3 is 3.00 bits per heavy atom. The van der Waals surface area contributed by atoms with Gasteiger partial charge in [0.05, 0.1) is 11.7 Å². The zero-order valence-corrected chi connectivity index (χ0v) is 9.03. The Labute approximate surface area is 85.8 Å². The van der Waals surface area contributed by atoms with Crippen LogP contribution in [0.2, 0.25) is 0 Å². The quantitative estimate of drug-likeness (QED) is 0.553. The molecule has 0 aliphatic heterocycles. The molecule has 0 bridgehead atoms. The SMILES string of the molecule is C=CCCCC(NC)c1ccn(C)n1. The van der Waals surface area contributed by atoms with Crippen LogP contribution in [0.5, 0.6) is 0 Å². The van der Waals surface area contributed by atoms with Gasteiger partial charge in [0.25, 0.3) is 0 Å². The molecule has 1 rings (SSSR count). The van der Waals surface area contributed by atoms with Crippen molar-refractivity contribution in [1.29, 1.82) is 0 Å². The highest BCUT2D eigenvalue weighted by Gasteiger charge is 2.10. The lowest BCUT2D eigenvalue weighted by Gasteiger charge is -2.12. The second kappa shape index (κ2) is 5.60. The maximum Gasteiger partial charge on any atom is 0.0793 e. The van der Waals surface area contributed by atoms with Crippen molar-refractivity contribution < 1.29 is 0 Å². The molecule has 1 heterocycles. The van der Waals surface area contributed by atoms with Crippen molar-refractivity contribution in [3.05, 3.63) is 30.6 Å². The predicted molar refractivity (Wildman–Crippen MR) is 59.1 cm³/mol. The molecule has 1 aromatic heterocycles. The molecular weight excluding hydrogens is 174 g/mol. The highest BCUT2D eigenvalue weighted by atomic mass is 15.3. The molecule has 1 unspecified atom stereocenters. The van der Waals surface area contributed by atoms with Gasteiger partial charge in [0.15, 0.2) is 0 Å². The predicted octanol–water partition coefficient (Wildman–Crippen LogP) is 2.04. The molecule has 0 aromatic carbocycles. The summed E-state index contributed by atoms with van der Waals surface area (Å²) >= 11 is 0. The first-order valence-electron chi connectivity index (χ1n) is 5.05. The molecule has 0 spiro atoms. The number of hydrogen-bond donors (Lipinski definition) is 1. The summed E-state index contributed by atoms with van der Waals surface area (Å²) in [7, 11) is 3.92. The Kier molecular flexibility index (Phi) is 4.40. The first-order valence-corrected chi connectivity index (χ1v) is 5.05. The van der Waals surface area contributed by atoms with Crippen LogP contribution in [0.25, 0.3) is 0 Å². The Morgan fingerprint density at radius 2 is 2.50 bits per heavy atom. The Bertz CT molecular complexity index is 278. The standard InChI is InChI=1S/C11H19N3/c1-4-5-6-7-10(12-2)11-8-9-14(3)13-11/h4,8-10,12H,1,5-7H2,2-3H3. The fourth-order valence-electron chi connectivity index (χ4n) is 1.53. The second-order valence-electron chi connectivity index (χ2n) is 3.48. The first-order chi connectivity index (χ1) is 6.77. The zero-order chi connectivity index (χ0) is 10.4. The third-order valence-electron chi connectivity index (χ3n) is 2.34. The number of rotatable bonds is 6. The average molecular weight is 193 g/mol. The molecule has 0 fully saturated rings. The molecule has 0 amide bonds. The number of nitrogens with one attached hydrogen (secondary N) is 1. The molecule has 1 N–H and O–H groups in total. The van der Waals surface area contributed by atoms with E-state index in [1.54, 1.807) is 0 Å². The summed E-state index contributed by atoms with van der Waals surface area (Å²) in [5.41, 5.74) is 1.12. The number of unbranched alkanes of at least 4 members (excludes halogenated alkanes) is 1. The summed E-state index contributed by atoms with van der Waals surface area (Å²) in [6.07, 6.45) is 7.29. The van der Waals surface area contributed by atoms with Crippen LogP contribution in [0.3, 0.4) is 0 Å². The van der Waals surface area contributed by atoms with Crippen LogP contribution in [-0.4, -0.2) is 16.8 Å². The number of aromatic nitrogens is 2. The van der Waals surface area contributed by atoms with Gasteiger partial charge in [-0.05, 0) is 32.4 Å². The average Bonchev–Trinajstić information content (AvgIpc) is 2.60. The molecule has 0 saturated carbocycles. The summed E-state index contributed by atoms with van der Waals surface area (Å²) in [5.74, 6) is 0. The van der Waals surface area contributed by atoms with E-state index in [1.807, 2.05) is 31.1 Å². The molecule has 0 radical (unpaired) electrons. The van der Waals surface area contributed by atoms with Crippen LogP contribution in [0.15, 0.2) is 24.9 Å². The van der Waals surface area contributed by atoms with Crippen molar-refractivity contribution in [2.75, 3.05) is 7.05 Å². The summed E-state index contributed by atoms with van der Waals surface area (Å²) in [4.78, 5) is 0. The highest BCUT2D eigenvalue weighted by Crippen LogP contribution is 2.16. The van der Waals surface area contributed by atoms with E-state index in [0.717, 1.165) is 25.0 Å². The number of nitrogens with zero attached hydrogens (tertiary/aromatic N) is 2. The summed E-state index contributed by atoms with van der Waals surface area (Å²) in [5, 5.41) is 7.67. The van der Waals surface area contributed by atoms with Gasteiger partial charge < -0.3 is 5.32 Å². The Morgan fingerprint density at radius 1 is 1.71 bits per heavy atom. The van der Waals surface area contributed by atoms with Crippen molar-refractivity contribution in [3.63, 3.8) is 0 Å². The van der Waals surface area contributed by atoms with Crippen molar-refractivity contribution in [2.45, 2.75) is 25.3 Å². The minimum Gasteiger partial charge on any atom is -0.312 e. The molecule has 14 heavy (non-hydrogen) atoms. The number of hydrogen-bond acceptors (Lipinski definition) is 2. The fraction of sp³-hybridized carbons (Fsp3) is 0.545. The third kappa shape index (κ3) is 3.00. The van der Waals surface area contributed by atoms with Gasteiger partial charge in [0.1, 0.15) is 0 Å². The molecular formula is C11H19N3. The summed E-state index contributed by atoms with van der Waals surface area (Å²) < 4.78 is 1.84. The van der Waals surface area contributed by atoms with E-state index < -0.39 is 0 Å². The van der Waals surface area contributed by atoms with Crippen LogP contribution >= 0.6 is 0 Å². The normalized spacial score (nSPS) is 12.7. The van der Waals surface area contributed by atoms with Crippen molar-refractivity contribution in [2.24, 2.45) is 7.05 Å². The van der Waals surface area contributed by atoms with E-state index in [1.165, 1.54) is 0 Å². The molecule has 3 nitrogen and oxygen atoms in total. The molecule has 1 atom stereocenters. The lowest BCUT2D eigenvalue weighted by atomic mass is 10.1. The minimum atomic E-state index is 0.371. The fourth-order valence-corrected chi connectivity index (χ4v) is 1.53. The third-order valence-corrected chi connectivity index (χ3v) is 2.34. The molecule has 78 valence electrons. The number of allylic oxidation sites excluding steroid dienone is 1.